The number of aromatic nitrogens is 1. The highest BCUT2D eigenvalue weighted by atomic mass is 16.1. The number of nitrogens with zero attached hydrogens (tertiary/aromatic N) is 2. The Morgan fingerprint density at radius 1 is 1.10 bits per heavy atom. The van der Waals surface area contributed by atoms with Crippen LogP contribution in [0.2, 0.25) is 0 Å². The van der Waals surface area contributed by atoms with Gasteiger partial charge in [-0.25, -0.2) is 0 Å². The summed E-state index contributed by atoms with van der Waals surface area (Å²) in [5.41, 5.74) is 4.65. The highest BCUT2D eigenvalue weighted by Gasteiger charge is 2.17. The zero-order chi connectivity index (χ0) is 20.2. The number of nitrogens with one attached hydrogen (secondary N) is 1. The molecule has 0 saturated heterocycles. The van der Waals surface area contributed by atoms with E-state index in [2.05, 4.69) is 35.2 Å². The highest BCUT2D eigenvalue weighted by Crippen LogP contribution is 2.28. The van der Waals surface area contributed by atoms with Gasteiger partial charge in [-0.3, -0.25) is 9.78 Å². The highest BCUT2D eigenvalue weighted by molar-refractivity contribution is 6.05. The Morgan fingerprint density at radius 3 is 2.69 bits per heavy atom. The maximum atomic E-state index is 12.7. The number of pyridine rings is 1. The van der Waals surface area contributed by atoms with Gasteiger partial charge in [0.2, 0.25) is 0 Å². The Balaban J connectivity index is 1.45. The molecule has 4 nitrogen and oxygen atoms in total. The first kappa shape index (κ1) is 19.4. The van der Waals surface area contributed by atoms with Crippen LogP contribution in [0.3, 0.4) is 0 Å². The van der Waals surface area contributed by atoms with Crippen LogP contribution < -0.4 is 10.2 Å². The predicted molar refractivity (Wildman–Crippen MR) is 121 cm³/mol. The molecule has 2 aromatic carbocycles. The molecule has 1 fully saturated rings. The average Bonchev–Trinajstić information content (AvgIpc) is 2.74. The predicted octanol–water partition coefficient (Wildman–Crippen LogP) is 5.81. The van der Waals surface area contributed by atoms with E-state index in [1.807, 2.05) is 42.5 Å². The van der Waals surface area contributed by atoms with Gasteiger partial charge in [0.05, 0.1) is 17.4 Å². The van der Waals surface area contributed by atoms with Gasteiger partial charge in [-0.05, 0) is 61.6 Å². The minimum absolute atomic E-state index is 0.105. The lowest BCUT2D eigenvalue weighted by Gasteiger charge is -2.29. The number of carbonyl (C=O) groups excluding carboxylic acids is 1. The average molecular weight is 388 g/mol. The summed E-state index contributed by atoms with van der Waals surface area (Å²) in [6.45, 7) is 3.18. The molecule has 29 heavy (non-hydrogen) atoms. The third-order valence-electron chi connectivity index (χ3n) is 5.98. The third kappa shape index (κ3) is 4.58. The van der Waals surface area contributed by atoms with Gasteiger partial charge in [0, 0.05) is 30.2 Å². The van der Waals surface area contributed by atoms with Gasteiger partial charge in [0.15, 0.2) is 0 Å². The van der Waals surface area contributed by atoms with Crippen molar-refractivity contribution in [3.8, 4) is 0 Å². The van der Waals surface area contributed by atoms with E-state index in [1.165, 1.54) is 37.8 Å². The Labute approximate surface area is 173 Å². The van der Waals surface area contributed by atoms with Crippen molar-refractivity contribution in [3.05, 3.63) is 65.9 Å². The number of rotatable bonds is 5. The summed E-state index contributed by atoms with van der Waals surface area (Å²) in [6.07, 6.45) is 8.49. The van der Waals surface area contributed by atoms with Gasteiger partial charge in [-0.2, -0.15) is 0 Å². The lowest BCUT2D eigenvalue weighted by molar-refractivity contribution is 0.102. The standard InChI is InChI=1S/C25H29N3O/c1-18-14-21(12-13-24(18)28(2)17-19-8-4-3-5-9-19)25(29)27-22-15-20-10-6-7-11-23(20)26-16-22/h6-7,10-16,19H,3-5,8-9,17H2,1-2H3,(H,27,29). The fourth-order valence-corrected chi connectivity index (χ4v) is 4.42. The van der Waals surface area contributed by atoms with Gasteiger partial charge in [-0.15, -0.1) is 0 Å². The Morgan fingerprint density at radius 2 is 1.90 bits per heavy atom. The molecule has 1 aliphatic rings. The lowest BCUT2D eigenvalue weighted by atomic mass is 9.89. The maximum absolute atomic E-state index is 12.7. The van der Waals surface area contributed by atoms with Crippen LogP contribution in [-0.2, 0) is 0 Å². The number of aryl methyl sites for hydroxylation is 1. The van der Waals surface area contributed by atoms with Crippen molar-refractivity contribution >= 4 is 28.2 Å². The first-order valence-electron chi connectivity index (χ1n) is 10.6. The van der Waals surface area contributed by atoms with E-state index >= 15 is 0 Å². The van der Waals surface area contributed by atoms with Crippen LogP contribution in [0.25, 0.3) is 10.9 Å². The molecule has 0 unspecified atom stereocenters. The number of para-hydroxylation sites is 1. The number of hydrogen-bond donors (Lipinski definition) is 1. The Kier molecular flexibility index (Phi) is 5.79. The largest absolute Gasteiger partial charge is 0.374 e. The molecular weight excluding hydrogens is 358 g/mol. The van der Waals surface area contributed by atoms with Crippen LogP contribution in [0.5, 0.6) is 0 Å². The van der Waals surface area contributed by atoms with Crippen LogP contribution in [0.1, 0.15) is 48.0 Å². The quantitative estimate of drug-likeness (QED) is 0.601. The minimum Gasteiger partial charge on any atom is -0.374 e. The summed E-state index contributed by atoms with van der Waals surface area (Å²) in [5.74, 6) is 0.684. The molecule has 150 valence electrons. The van der Waals surface area contributed by atoms with Crippen molar-refractivity contribution in [2.45, 2.75) is 39.0 Å². The summed E-state index contributed by atoms with van der Waals surface area (Å²) >= 11 is 0. The summed E-state index contributed by atoms with van der Waals surface area (Å²) < 4.78 is 0. The molecule has 0 atom stereocenters. The lowest BCUT2D eigenvalue weighted by Crippen LogP contribution is -2.27. The fraction of sp³-hybridized carbons (Fsp3) is 0.360. The molecule has 4 heteroatoms. The fourth-order valence-electron chi connectivity index (χ4n) is 4.42. The number of hydrogen-bond acceptors (Lipinski definition) is 3. The number of benzene rings is 2. The molecule has 0 radical (unpaired) electrons. The number of carbonyl (C=O) groups is 1. The first-order valence-corrected chi connectivity index (χ1v) is 10.6. The molecule has 1 saturated carbocycles. The molecule has 1 N–H and O–H groups in total. The van der Waals surface area contributed by atoms with Crippen molar-refractivity contribution in [2.75, 3.05) is 23.8 Å². The molecule has 0 aliphatic heterocycles. The maximum Gasteiger partial charge on any atom is 0.255 e. The molecule has 0 spiro atoms. The van der Waals surface area contributed by atoms with E-state index in [4.69, 9.17) is 0 Å². The van der Waals surface area contributed by atoms with Gasteiger partial charge in [0.25, 0.3) is 5.91 Å². The van der Waals surface area contributed by atoms with E-state index in [1.54, 1.807) is 6.20 Å². The molecule has 3 aromatic rings. The van der Waals surface area contributed by atoms with Crippen LogP contribution in [0.15, 0.2) is 54.7 Å². The summed E-state index contributed by atoms with van der Waals surface area (Å²) in [4.78, 5) is 19.5. The number of anilines is 2. The van der Waals surface area contributed by atoms with Crippen molar-refractivity contribution in [1.29, 1.82) is 0 Å². The van der Waals surface area contributed by atoms with Crippen LogP contribution in [0.4, 0.5) is 11.4 Å². The van der Waals surface area contributed by atoms with Crippen molar-refractivity contribution in [2.24, 2.45) is 5.92 Å². The second-order valence-corrected chi connectivity index (χ2v) is 8.26. The smallest absolute Gasteiger partial charge is 0.255 e. The van der Waals surface area contributed by atoms with Crippen LogP contribution in [-0.4, -0.2) is 24.5 Å². The van der Waals surface area contributed by atoms with E-state index in [0.29, 0.717) is 11.3 Å². The summed E-state index contributed by atoms with van der Waals surface area (Å²) in [6, 6.07) is 15.8. The Bertz CT molecular complexity index is 1010. The van der Waals surface area contributed by atoms with Gasteiger partial charge < -0.3 is 10.2 Å². The van der Waals surface area contributed by atoms with E-state index in [0.717, 1.165) is 28.9 Å². The molecule has 1 amide bonds. The Hall–Kier alpha value is -2.88. The number of fused-ring (bicyclic) bond motifs is 1. The number of amides is 1. The normalized spacial score (nSPS) is 14.7. The molecule has 4 rings (SSSR count). The van der Waals surface area contributed by atoms with Crippen molar-refractivity contribution < 1.29 is 4.79 Å². The van der Waals surface area contributed by atoms with Gasteiger partial charge in [0.1, 0.15) is 0 Å². The molecule has 1 aromatic heterocycles. The summed E-state index contributed by atoms with van der Waals surface area (Å²) in [5, 5.41) is 3.99. The second-order valence-electron chi connectivity index (χ2n) is 8.26. The third-order valence-corrected chi connectivity index (χ3v) is 5.98. The topological polar surface area (TPSA) is 45.2 Å². The van der Waals surface area contributed by atoms with Crippen molar-refractivity contribution in [1.82, 2.24) is 4.98 Å². The van der Waals surface area contributed by atoms with Crippen molar-refractivity contribution in [3.63, 3.8) is 0 Å². The minimum atomic E-state index is -0.105. The molecule has 1 heterocycles. The monoisotopic (exact) mass is 387 g/mol. The molecule has 1 aliphatic carbocycles. The zero-order valence-corrected chi connectivity index (χ0v) is 17.3. The van der Waals surface area contributed by atoms with Crippen LogP contribution in [0, 0.1) is 12.8 Å². The SMILES string of the molecule is Cc1cc(C(=O)Nc2cnc3ccccc3c2)ccc1N(C)CC1CCCCC1. The molecule has 0 bridgehead atoms. The zero-order valence-electron chi connectivity index (χ0n) is 17.3. The first-order chi connectivity index (χ1) is 14.1. The summed E-state index contributed by atoms with van der Waals surface area (Å²) in [7, 11) is 2.16. The van der Waals surface area contributed by atoms with E-state index in [9.17, 15) is 4.79 Å². The van der Waals surface area contributed by atoms with E-state index in [-0.39, 0.29) is 5.91 Å². The van der Waals surface area contributed by atoms with Gasteiger partial charge in [-0.1, -0.05) is 37.5 Å². The van der Waals surface area contributed by atoms with Crippen LogP contribution >= 0.6 is 0 Å². The van der Waals surface area contributed by atoms with E-state index < -0.39 is 0 Å². The van der Waals surface area contributed by atoms with Gasteiger partial charge >= 0.3 is 0 Å². The molecular formula is C25H29N3O. The second kappa shape index (κ2) is 8.64.